The standard InChI is InChI=1S/C23H17IN4O3S/c24-21-11-18(32(26,30)31)6-7-19(21)15-2-4-17(5-3-15)28-23(29)10-16-13-27-22-8-1-14(12-25)9-20(16)22/h1-9,11,13,27H,10H2,(H,28,29)(H2,26,30,31). The van der Waals surface area contributed by atoms with Gasteiger partial charge in [-0.15, -0.1) is 0 Å². The van der Waals surface area contributed by atoms with Gasteiger partial charge in [0.25, 0.3) is 0 Å². The van der Waals surface area contributed by atoms with Crippen molar-refractivity contribution >= 4 is 55.1 Å². The number of carbonyl (C=O) groups excluding carboxylic acids is 1. The maximum Gasteiger partial charge on any atom is 0.238 e. The Bertz CT molecular complexity index is 1490. The fraction of sp³-hybridized carbons (Fsp3) is 0.0435. The number of primary sulfonamides is 1. The van der Waals surface area contributed by atoms with Gasteiger partial charge in [-0.25, -0.2) is 13.6 Å². The Hall–Kier alpha value is -3.20. The Morgan fingerprint density at radius 1 is 1.09 bits per heavy atom. The zero-order chi connectivity index (χ0) is 22.9. The molecular weight excluding hydrogens is 539 g/mol. The molecular formula is C23H17IN4O3S. The van der Waals surface area contributed by atoms with E-state index in [-0.39, 0.29) is 17.2 Å². The quantitative estimate of drug-likeness (QED) is 0.319. The van der Waals surface area contributed by atoms with Gasteiger partial charge in [-0.2, -0.15) is 5.26 Å². The molecule has 7 nitrogen and oxygen atoms in total. The van der Waals surface area contributed by atoms with E-state index in [1.165, 1.54) is 12.1 Å². The van der Waals surface area contributed by atoms with E-state index in [0.717, 1.165) is 31.2 Å². The van der Waals surface area contributed by atoms with Gasteiger partial charge in [0.2, 0.25) is 15.9 Å². The minimum absolute atomic E-state index is 0.0636. The second-order valence-electron chi connectivity index (χ2n) is 7.18. The van der Waals surface area contributed by atoms with Gasteiger partial charge in [-0.05, 0) is 81.7 Å². The second kappa shape index (κ2) is 8.74. The van der Waals surface area contributed by atoms with Crippen molar-refractivity contribution in [2.24, 2.45) is 5.14 Å². The highest BCUT2D eigenvalue weighted by molar-refractivity contribution is 14.1. The first-order valence-corrected chi connectivity index (χ1v) is 12.1. The molecule has 4 N–H and O–H groups in total. The molecule has 3 aromatic carbocycles. The zero-order valence-corrected chi connectivity index (χ0v) is 19.6. The summed E-state index contributed by atoms with van der Waals surface area (Å²) in [5.41, 5.74) is 4.63. The lowest BCUT2D eigenvalue weighted by Crippen LogP contribution is -2.14. The number of hydrogen-bond acceptors (Lipinski definition) is 4. The van der Waals surface area contributed by atoms with E-state index in [1.807, 2.05) is 18.2 Å². The van der Waals surface area contributed by atoms with Crippen molar-refractivity contribution in [3.63, 3.8) is 0 Å². The molecule has 1 amide bonds. The summed E-state index contributed by atoms with van der Waals surface area (Å²) >= 11 is 2.07. The number of nitrogens with two attached hydrogens (primary N) is 1. The smallest absolute Gasteiger partial charge is 0.238 e. The number of aromatic amines is 1. The molecule has 1 aromatic heterocycles. The molecule has 0 fully saturated rings. The Balaban J connectivity index is 1.49. The van der Waals surface area contributed by atoms with Crippen molar-refractivity contribution in [1.82, 2.24) is 4.98 Å². The molecule has 0 spiro atoms. The summed E-state index contributed by atoms with van der Waals surface area (Å²) in [6.07, 6.45) is 1.95. The Labute approximate surface area is 198 Å². The summed E-state index contributed by atoms with van der Waals surface area (Å²) < 4.78 is 23.8. The summed E-state index contributed by atoms with van der Waals surface area (Å²) in [6, 6.07) is 19.4. The van der Waals surface area contributed by atoms with Crippen LogP contribution in [0.2, 0.25) is 0 Å². The fourth-order valence-corrected chi connectivity index (χ4v) is 4.99. The summed E-state index contributed by atoms with van der Waals surface area (Å²) in [5, 5.41) is 18.0. The van der Waals surface area contributed by atoms with Crippen LogP contribution in [0, 0.1) is 14.9 Å². The Kier molecular flexibility index (Phi) is 6.01. The lowest BCUT2D eigenvalue weighted by molar-refractivity contribution is -0.115. The monoisotopic (exact) mass is 556 g/mol. The second-order valence-corrected chi connectivity index (χ2v) is 9.90. The van der Waals surface area contributed by atoms with Crippen molar-refractivity contribution in [3.8, 4) is 17.2 Å². The summed E-state index contributed by atoms with van der Waals surface area (Å²) in [5.74, 6) is -0.173. The summed E-state index contributed by atoms with van der Waals surface area (Å²) in [6.45, 7) is 0. The van der Waals surface area contributed by atoms with E-state index < -0.39 is 10.0 Å². The van der Waals surface area contributed by atoms with Crippen LogP contribution in [0.4, 0.5) is 5.69 Å². The number of H-pyrrole nitrogens is 1. The van der Waals surface area contributed by atoms with Crippen LogP contribution < -0.4 is 10.5 Å². The van der Waals surface area contributed by atoms with Gasteiger partial charge in [0, 0.05) is 26.4 Å². The van der Waals surface area contributed by atoms with Crippen molar-refractivity contribution < 1.29 is 13.2 Å². The first kappa shape index (κ1) is 22.0. The lowest BCUT2D eigenvalue weighted by Gasteiger charge is -2.09. The average Bonchev–Trinajstić information content (AvgIpc) is 3.15. The van der Waals surface area contributed by atoms with Gasteiger partial charge in [-0.1, -0.05) is 18.2 Å². The van der Waals surface area contributed by atoms with Crippen molar-refractivity contribution in [1.29, 1.82) is 5.26 Å². The Morgan fingerprint density at radius 3 is 2.50 bits per heavy atom. The molecule has 0 saturated carbocycles. The van der Waals surface area contributed by atoms with Crippen LogP contribution in [0.1, 0.15) is 11.1 Å². The normalized spacial score (nSPS) is 11.3. The molecule has 0 bridgehead atoms. The molecule has 1 heterocycles. The van der Waals surface area contributed by atoms with Gasteiger partial charge in [0.1, 0.15) is 0 Å². The number of anilines is 1. The first-order valence-electron chi connectivity index (χ1n) is 9.47. The number of sulfonamides is 1. The van der Waals surface area contributed by atoms with Crippen LogP contribution >= 0.6 is 22.6 Å². The maximum atomic E-state index is 12.6. The molecule has 32 heavy (non-hydrogen) atoms. The number of benzene rings is 3. The van der Waals surface area contributed by atoms with Crippen molar-refractivity contribution in [2.45, 2.75) is 11.3 Å². The minimum Gasteiger partial charge on any atom is -0.361 e. The van der Waals surface area contributed by atoms with E-state index in [9.17, 15) is 13.2 Å². The number of rotatable bonds is 5. The lowest BCUT2D eigenvalue weighted by atomic mass is 10.1. The van der Waals surface area contributed by atoms with E-state index in [1.54, 1.807) is 36.5 Å². The van der Waals surface area contributed by atoms with Crippen molar-refractivity contribution in [3.05, 3.63) is 81.6 Å². The van der Waals surface area contributed by atoms with Gasteiger partial charge in [0.05, 0.1) is 22.9 Å². The Morgan fingerprint density at radius 2 is 1.84 bits per heavy atom. The van der Waals surface area contributed by atoms with Gasteiger partial charge < -0.3 is 10.3 Å². The van der Waals surface area contributed by atoms with Crippen LogP contribution in [-0.4, -0.2) is 19.3 Å². The highest BCUT2D eigenvalue weighted by Crippen LogP contribution is 2.28. The topological polar surface area (TPSA) is 129 Å². The molecule has 4 rings (SSSR count). The average molecular weight is 556 g/mol. The number of nitrogens with one attached hydrogen (secondary N) is 2. The number of nitriles is 1. The minimum atomic E-state index is -3.75. The molecule has 160 valence electrons. The molecule has 0 atom stereocenters. The molecule has 0 aliphatic rings. The van der Waals surface area contributed by atoms with Crippen LogP contribution in [0.3, 0.4) is 0 Å². The van der Waals surface area contributed by atoms with E-state index in [2.05, 4.69) is 39.0 Å². The van der Waals surface area contributed by atoms with Crippen LogP contribution in [0.5, 0.6) is 0 Å². The van der Waals surface area contributed by atoms with Crippen LogP contribution in [0.25, 0.3) is 22.0 Å². The fourth-order valence-electron chi connectivity index (χ4n) is 3.41. The largest absolute Gasteiger partial charge is 0.361 e. The predicted octanol–water partition coefficient (Wildman–Crippen LogP) is 4.14. The highest BCUT2D eigenvalue weighted by Gasteiger charge is 2.13. The van der Waals surface area contributed by atoms with Crippen LogP contribution in [0.15, 0.2) is 71.8 Å². The number of halogens is 1. The third-order valence-electron chi connectivity index (χ3n) is 5.00. The third kappa shape index (κ3) is 4.67. The first-order chi connectivity index (χ1) is 15.2. The van der Waals surface area contributed by atoms with E-state index in [0.29, 0.717) is 11.3 Å². The number of nitrogens with zero attached hydrogens (tertiary/aromatic N) is 1. The van der Waals surface area contributed by atoms with E-state index in [4.69, 9.17) is 10.4 Å². The molecule has 0 saturated heterocycles. The van der Waals surface area contributed by atoms with Gasteiger partial charge in [-0.3, -0.25) is 4.79 Å². The van der Waals surface area contributed by atoms with Crippen molar-refractivity contribution in [2.75, 3.05) is 5.32 Å². The number of fused-ring (bicyclic) bond motifs is 1. The predicted molar refractivity (Wildman–Crippen MR) is 131 cm³/mol. The number of aromatic nitrogens is 1. The number of carbonyl (C=O) groups is 1. The molecule has 9 heteroatoms. The highest BCUT2D eigenvalue weighted by atomic mass is 127. The molecule has 0 unspecified atom stereocenters. The molecule has 4 aromatic rings. The van der Waals surface area contributed by atoms with Crippen LogP contribution in [-0.2, 0) is 21.2 Å². The molecule has 0 aliphatic carbocycles. The molecule has 0 radical (unpaired) electrons. The number of amides is 1. The maximum absolute atomic E-state index is 12.6. The summed E-state index contributed by atoms with van der Waals surface area (Å²) in [7, 11) is -3.75. The summed E-state index contributed by atoms with van der Waals surface area (Å²) in [4.78, 5) is 15.7. The SMILES string of the molecule is N#Cc1ccc2[nH]cc(CC(=O)Nc3ccc(-c4ccc(S(N)(=O)=O)cc4I)cc3)c2c1. The number of hydrogen-bond donors (Lipinski definition) is 3. The molecule has 0 aliphatic heterocycles. The zero-order valence-electron chi connectivity index (χ0n) is 16.6. The third-order valence-corrected chi connectivity index (χ3v) is 6.80. The van der Waals surface area contributed by atoms with E-state index >= 15 is 0 Å². The van der Waals surface area contributed by atoms with Gasteiger partial charge >= 0.3 is 0 Å². The van der Waals surface area contributed by atoms with Gasteiger partial charge in [0.15, 0.2) is 0 Å².